The summed E-state index contributed by atoms with van der Waals surface area (Å²) in [5, 5.41) is 9.19. The predicted molar refractivity (Wildman–Crippen MR) is 54.3 cm³/mol. The number of hydrogen-bond donors (Lipinski definition) is 2. The molecule has 0 heterocycles. The number of benzene rings is 1. The normalized spacial score (nSPS) is 13.2. The molecular formula is C9H10O6S. The fourth-order valence-corrected chi connectivity index (χ4v) is 1.57. The molecule has 1 aromatic rings. The SMILES string of the molecule is COC(=O)c1ccc(C(O)S(=O)(=O)O)cc1. The molecule has 0 radical (unpaired) electrons. The molecule has 0 spiro atoms. The largest absolute Gasteiger partial charge is 0.465 e. The van der Waals surface area contributed by atoms with Gasteiger partial charge in [0.1, 0.15) is 0 Å². The topological polar surface area (TPSA) is 101 Å². The van der Waals surface area contributed by atoms with Gasteiger partial charge in [0.2, 0.25) is 5.44 Å². The van der Waals surface area contributed by atoms with Crippen molar-refractivity contribution in [1.29, 1.82) is 0 Å². The zero-order valence-corrected chi connectivity index (χ0v) is 9.14. The van der Waals surface area contributed by atoms with Crippen LogP contribution in [0.3, 0.4) is 0 Å². The maximum Gasteiger partial charge on any atom is 0.337 e. The summed E-state index contributed by atoms with van der Waals surface area (Å²) in [6.45, 7) is 0. The zero-order chi connectivity index (χ0) is 12.3. The van der Waals surface area contributed by atoms with Gasteiger partial charge in [-0.1, -0.05) is 12.1 Å². The van der Waals surface area contributed by atoms with Crippen LogP contribution in [0, 0.1) is 0 Å². The molecule has 1 aromatic carbocycles. The van der Waals surface area contributed by atoms with Gasteiger partial charge in [0, 0.05) is 0 Å². The minimum Gasteiger partial charge on any atom is -0.465 e. The zero-order valence-electron chi connectivity index (χ0n) is 8.32. The number of carbonyl (C=O) groups excluding carboxylic acids is 1. The number of hydrogen-bond acceptors (Lipinski definition) is 5. The average molecular weight is 246 g/mol. The molecule has 0 aliphatic rings. The molecule has 88 valence electrons. The summed E-state index contributed by atoms with van der Waals surface area (Å²) < 4.78 is 34.3. The Kier molecular flexibility index (Phi) is 3.63. The van der Waals surface area contributed by atoms with E-state index in [1.54, 1.807) is 0 Å². The predicted octanol–water partition coefficient (Wildman–Crippen LogP) is 0.352. The van der Waals surface area contributed by atoms with Crippen molar-refractivity contribution in [3.8, 4) is 0 Å². The summed E-state index contributed by atoms with van der Waals surface area (Å²) >= 11 is 0. The quantitative estimate of drug-likeness (QED) is 0.589. The first-order valence-corrected chi connectivity index (χ1v) is 5.69. The number of methoxy groups -OCH3 is 1. The lowest BCUT2D eigenvalue weighted by Crippen LogP contribution is -2.11. The van der Waals surface area contributed by atoms with Crippen LogP contribution in [0.15, 0.2) is 24.3 Å². The Morgan fingerprint density at radius 2 is 1.81 bits per heavy atom. The second-order valence-corrected chi connectivity index (χ2v) is 4.46. The number of rotatable bonds is 3. The molecule has 6 nitrogen and oxygen atoms in total. The van der Waals surface area contributed by atoms with Crippen LogP contribution in [-0.2, 0) is 14.9 Å². The summed E-state index contributed by atoms with van der Waals surface area (Å²) in [7, 11) is -3.34. The van der Waals surface area contributed by atoms with Crippen molar-refractivity contribution >= 4 is 16.1 Å². The summed E-state index contributed by atoms with van der Waals surface area (Å²) in [5.41, 5.74) is -1.83. The third-order valence-corrected chi connectivity index (χ3v) is 2.74. The molecule has 2 N–H and O–H groups in total. The number of aliphatic hydroxyl groups excluding tert-OH is 1. The highest BCUT2D eigenvalue weighted by Crippen LogP contribution is 2.18. The van der Waals surface area contributed by atoms with E-state index in [0.29, 0.717) is 0 Å². The molecule has 1 rings (SSSR count). The minimum atomic E-state index is -4.56. The van der Waals surface area contributed by atoms with E-state index in [4.69, 9.17) is 4.55 Å². The molecule has 0 fully saturated rings. The molecule has 0 bridgehead atoms. The van der Waals surface area contributed by atoms with Gasteiger partial charge in [-0.05, 0) is 17.7 Å². The summed E-state index contributed by atoms with van der Waals surface area (Å²) in [4.78, 5) is 11.0. The fourth-order valence-electron chi connectivity index (χ4n) is 1.07. The Labute approximate surface area is 92.2 Å². The third-order valence-electron chi connectivity index (χ3n) is 1.90. The van der Waals surface area contributed by atoms with Crippen LogP contribution >= 0.6 is 0 Å². The summed E-state index contributed by atoms with van der Waals surface area (Å²) in [6.07, 6.45) is 0. The van der Waals surface area contributed by atoms with Crippen LogP contribution in [0.1, 0.15) is 21.4 Å². The fraction of sp³-hybridized carbons (Fsp3) is 0.222. The van der Waals surface area contributed by atoms with Crippen LogP contribution in [0.5, 0.6) is 0 Å². The lowest BCUT2D eigenvalue weighted by molar-refractivity contribution is 0.0600. The van der Waals surface area contributed by atoms with Gasteiger partial charge >= 0.3 is 5.97 Å². The van der Waals surface area contributed by atoms with Crippen molar-refractivity contribution in [3.05, 3.63) is 35.4 Å². The Hall–Kier alpha value is -1.44. The van der Waals surface area contributed by atoms with Gasteiger partial charge in [-0.25, -0.2) is 4.79 Å². The molecule has 0 aliphatic heterocycles. The molecule has 16 heavy (non-hydrogen) atoms. The number of esters is 1. The van der Waals surface area contributed by atoms with E-state index in [2.05, 4.69) is 4.74 Å². The van der Waals surface area contributed by atoms with Gasteiger partial charge in [0.05, 0.1) is 12.7 Å². The van der Waals surface area contributed by atoms with E-state index >= 15 is 0 Å². The van der Waals surface area contributed by atoms with Crippen LogP contribution in [0.25, 0.3) is 0 Å². The molecule has 1 atom stereocenters. The van der Waals surface area contributed by atoms with Gasteiger partial charge in [-0.3, -0.25) is 4.55 Å². The minimum absolute atomic E-state index is 0.0323. The number of carbonyl (C=O) groups is 1. The van der Waals surface area contributed by atoms with Gasteiger partial charge in [-0.15, -0.1) is 0 Å². The average Bonchev–Trinajstić information content (AvgIpc) is 2.26. The first-order valence-electron chi connectivity index (χ1n) is 4.19. The Morgan fingerprint density at radius 1 is 1.31 bits per heavy atom. The molecule has 0 aliphatic carbocycles. The Morgan fingerprint density at radius 3 is 2.19 bits per heavy atom. The highest BCUT2D eigenvalue weighted by molar-refractivity contribution is 7.85. The van der Waals surface area contributed by atoms with Crippen LogP contribution in [-0.4, -0.2) is 31.2 Å². The molecule has 0 amide bonds. The second kappa shape index (κ2) is 4.60. The first kappa shape index (κ1) is 12.6. The van der Waals surface area contributed by atoms with Crippen LogP contribution in [0.4, 0.5) is 0 Å². The maximum atomic E-state index is 11.0. The van der Waals surface area contributed by atoms with Gasteiger partial charge in [-0.2, -0.15) is 8.42 Å². The van der Waals surface area contributed by atoms with Crippen molar-refractivity contribution in [3.63, 3.8) is 0 Å². The van der Waals surface area contributed by atoms with Crippen molar-refractivity contribution in [2.75, 3.05) is 7.11 Å². The molecule has 0 saturated carbocycles. The Bertz CT molecular complexity index is 475. The second-order valence-electron chi connectivity index (χ2n) is 2.98. The van der Waals surface area contributed by atoms with Gasteiger partial charge in [0.15, 0.2) is 0 Å². The van der Waals surface area contributed by atoms with Crippen LogP contribution in [0.2, 0.25) is 0 Å². The van der Waals surface area contributed by atoms with Gasteiger partial charge in [0.25, 0.3) is 10.1 Å². The van der Waals surface area contributed by atoms with E-state index in [1.165, 1.54) is 31.4 Å². The molecule has 0 aromatic heterocycles. The van der Waals surface area contributed by atoms with Gasteiger partial charge < -0.3 is 9.84 Å². The molecule has 7 heteroatoms. The standard InChI is InChI=1S/C9H10O6S/c1-15-8(10)6-2-4-7(5-3-6)9(11)16(12,13)14/h2-5,9,11H,1H3,(H,12,13,14). The lowest BCUT2D eigenvalue weighted by atomic mass is 10.1. The van der Waals surface area contributed by atoms with Crippen LogP contribution < -0.4 is 0 Å². The molecule has 0 saturated heterocycles. The van der Waals surface area contributed by atoms with Crippen molar-refractivity contribution in [2.45, 2.75) is 5.44 Å². The Balaban J connectivity index is 3.00. The third kappa shape index (κ3) is 2.78. The van der Waals surface area contributed by atoms with Crippen molar-refractivity contribution < 1.29 is 27.6 Å². The highest BCUT2D eigenvalue weighted by Gasteiger charge is 2.21. The maximum absolute atomic E-state index is 11.0. The molecule has 1 unspecified atom stereocenters. The highest BCUT2D eigenvalue weighted by atomic mass is 32.2. The first-order chi connectivity index (χ1) is 7.36. The van der Waals surface area contributed by atoms with E-state index in [1.807, 2.05) is 0 Å². The van der Waals surface area contributed by atoms with Crippen molar-refractivity contribution in [1.82, 2.24) is 0 Å². The van der Waals surface area contributed by atoms with Crippen molar-refractivity contribution in [2.24, 2.45) is 0 Å². The van der Waals surface area contributed by atoms with E-state index < -0.39 is 21.5 Å². The smallest absolute Gasteiger partial charge is 0.337 e. The lowest BCUT2D eigenvalue weighted by Gasteiger charge is -2.07. The summed E-state index contributed by atoms with van der Waals surface area (Å²) in [5.74, 6) is -0.576. The van der Waals surface area contributed by atoms with E-state index in [-0.39, 0.29) is 11.1 Å². The number of ether oxygens (including phenoxy) is 1. The number of aliphatic hydroxyl groups is 1. The summed E-state index contributed by atoms with van der Waals surface area (Å²) in [6, 6.07) is 5.00. The van der Waals surface area contributed by atoms with E-state index in [9.17, 15) is 18.3 Å². The monoisotopic (exact) mass is 246 g/mol. The van der Waals surface area contributed by atoms with E-state index in [0.717, 1.165) is 0 Å². The molecular weight excluding hydrogens is 236 g/mol.